The zero-order valence-electron chi connectivity index (χ0n) is 14.9. The molecule has 0 bridgehead atoms. The molecule has 1 fully saturated rings. The van der Waals surface area contributed by atoms with Crippen LogP contribution in [0.4, 0.5) is 0 Å². The van der Waals surface area contributed by atoms with E-state index in [0.717, 1.165) is 25.7 Å². The first-order valence-corrected chi connectivity index (χ1v) is 9.49. The highest BCUT2D eigenvalue weighted by Gasteiger charge is 2.37. The van der Waals surface area contributed by atoms with Gasteiger partial charge in [-0.25, -0.2) is 0 Å². The number of carbonyl (C=O) groups excluding carboxylic acids is 1. The molecule has 3 atom stereocenters. The largest absolute Gasteiger partial charge is 0.481 e. The molecule has 1 rings (SSSR count). The first-order valence-electron chi connectivity index (χ1n) is 9.49. The standard InChI is InChI=1S/C19H34O4/c1-3-4-5-6-7-8-9-12-15(2)23-19(22)17-14-11-10-13-16(17)18(20)21/h15-17H,3-14H2,1-2H3,(H,20,21). The molecule has 0 spiro atoms. The number of aliphatic carboxylic acids is 1. The number of hydrogen-bond donors (Lipinski definition) is 1. The SMILES string of the molecule is CCCCCCCCCC(C)OC(=O)C1CCCCC1C(=O)O. The maximum atomic E-state index is 12.2. The lowest BCUT2D eigenvalue weighted by molar-refractivity contribution is -0.163. The monoisotopic (exact) mass is 326 g/mol. The summed E-state index contributed by atoms with van der Waals surface area (Å²) in [5.74, 6) is -2.15. The molecule has 0 amide bonds. The van der Waals surface area contributed by atoms with Crippen LogP contribution >= 0.6 is 0 Å². The summed E-state index contributed by atoms with van der Waals surface area (Å²) in [5.41, 5.74) is 0. The summed E-state index contributed by atoms with van der Waals surface area (Å²) < 4.78 is 5.51. The zero-order valence-corrected chi connectivity index (χ0v) is 14.9. The molecule has 23 heavy (non-hydrogen) atoms. The second-order valence-electron chi connectivity index (χ2n) is 6.99. The average molecular weight is 326 g/mol. The zero-order chi connectivity index (χ0) is 17.1. The van der Waals surface area contributed by atoms with Crippen molar-refractivity contribution in [2.75, 3.05) is 0 Å². The van der Waals surface area contributed by atoms with Crippen molar-refractivity contribution in [3.8, 4) is 0 Å². The minimum Gasteiger partial charge on any atom is -0.481 e. The van der Waals surface area contributed by atoms with Crippen molar-refractivity contribution >= 4 is 11.9 Å². The minimum absolute atomic E-state index is 0.102. The van der Waals surface area contributed by atoms with Crippen LogP contribution in [0.15, 0.2) is 0 Å². The van der Waals surface area contributed by atoms with Gasteiger partial charge in [-0.15, -0.1) is 0 Å². The Morgan fingerprint density at radius 2 is 1.57 bits per heavy atom. The molecule has 0 aromatic heterocycles. The van der Waals surface area contributed by atoms with Gasteiger partial charge in [-0.05, 0) is 32.6 Å². The van der Waals surface area contributed by atoms with Crippen molar-refractivity contribution in [2.24, 2.45) is 11.8 Å². The van der Waals surface area contributed by atoms with E-state index in [1.807, 2.05) is 6.92 Å². The normalized spacial score (nSPS) is 22.5. The van der Waals surface area contributed by atoms with Crippen molar-refractivity contribution in [2.45, 2.75) is 97.0 Å². The number of carbonyl (C=O) groups is 2. The van der Waals surface area contributed by atoms with Gasteiger partial charge in [0.1, 0.15) is 0 Å². The number of unbranched alkanes of at least 4 members (excludes halogenated alkanes) is 6. The van der Waals surface area contributed by atoms with Crippen LogP contribution in [0.25, 0.3) is 0 Å². The Morgan fingerprint density at radius 1 is 1.00 bits per heavy atom. The number of ether oxygens (including phenoxy) is 1. The van der Waals surface area contributed by atoms with E-state index >= 15 is 0 Å². The van der Waals surface area contributed by atoms with E-state index in [2.05, 4.69) is 6.92 Å². The van der Waals surface area contributed by atoms with Gasteiger partial charge in [0, 0.05) is 0 Å². The van der Waals surface area contributed by atoms with Gasteiger partial charge < -0.3 is 9.84 Å². The van der Waals surface area contributed by atoms with Crippen LogP contribution in [0.3, 0.4) is 0 Å². The molecule has 1 saturated carbocycles. The third-order valence-corrected chi connectivity index (χ3v) is 4.92. The fraction of sp³-hybridized carbons (Fsp3) is 0.895. The van der Waals surface area contributed by atoms with Crippen molar-refractivity contribution in [1.82, 2.24) is 0 Å². The molecule has 4 heteroatoms. The Kier molecular flexibility index (Phi) is 9.97. The second-order valence-corrected chi connectivity index (χ2v) is 6.99. The first kappa shape index (κ1) is 20.0. The molecule has 134 valence electrons. The minimum atomic E-state index is -0.855. The van der Waals surface area contributed by atoms with Crippen molar-refractivity contribution < 1.29 is 19.4 Å². The van der Waals surface area contributed by atoms with Crippen molar-refractivity contribution in [3.05, 3.63) is 0 Å². The van der Waals surface area contributed by atoms with Gasteiger partial charge >= 0.3 is 11.9 Å². The highest BCUT2D eigenvalue weighted by atomic mass is 16.5. The van der Waals surface area contributed by atoms with E-state index in [1.54, 1.807) is 0 Å². The van der Waals surface area contributed by atoms with Crippen LogP contribution in [0.1, 0.15) is 90.9 Å². The molecule has 0 aliphatic heterocycles. The third-order valence-electron chi connectivity index (χ3n) is 4.92. The van der Waals surface area contributed by atoms with Gasteiger partial charge in [0.15, 0.2) is 0 Å². The number of rotatable bonds is 11. The van der Waals surface area contributed by atoms with E-state index in [1.165, 1.54) is 38.5 Å². The van der Waals surface area contributed by atoms with Gasteiger partial charge in [0.05, 0.1) is 17.9 Å². The summed E-state index contributed by atoms with van der Waals surface area (Å²) >= 11 is 0. The lowest BCUT2D eigenvalue weighted by Gasteiger charge is -2.28. The predicted molar refractivity (Wildman–Crippen MR) is 91.2 cm³/mol. The van der Waals surface area contributed by atoms with Crippen LogP contribution in [-0.4, -0.2) is 23.1 Å². The quantitative estimate of drug-likeness (QED) is 0.431. The number of carboxylic acids is 1. The topological polar surface area (TPSA) is 63.6 Å². The average Bonchev–Trinajstić information content (AvgIpc) is 2.53. The van der Waals surface area contributed by atoms with Gasteiger partial charge in [-0.3, -0.25) is 9.59 Å². The van der Waals surface area contributed by atoms with Crippen LogP contribution in [0.5, 0.6) is 0 Å². The molecular weight excluding hydrogens is 292 g/mol. The van der Waals surface area contributed by atoms with Crippen LogP contribution < -0.4 is 0 Å². The third kappa shape index (κ3) is 7.85. The summed E-state index contributed by atoms with van der Waals surface area (Å²) in [7, 11) is 0. The van der Waals surface area contributed by atoms with E-state index in [9.17, 15) is 14.7 Å². The van der Waals surface area contributed by atoms with Crippen LogP contribution in [0, 0.1) is 11.8 Å². The molecule has 1 aliphatic carbocycles. The predicted octanol–water partition coefficient (Wildman–Crippen LogP) is 4.95. The maximum absolute atomic E-state index is 12.2. The van der Waals surface area contributed by atoms with Gasteiger partial charge in [0.2, 0.25) is 0 Å². The first-order chi connectivity index (χ1) is 11.1. The van der Waals surface area contributed by atoms with Crippen LogP contribution in [-0.2, 0) is 14.3 Å². The number of esters is 1. The van der Waals surface area contributed by atoms with Crippen molar-refractivity contribution in [1.29, 1.82) is 0 Å². The molecule has 1 N–H and O–H groups in total. The summed E-state index contributed by atoms with van der Waals surface area (Å²) in [6, 6.07) is 0. The van der Waals surface area contributed by atoms with Gasteiger partial charge in [-0.2, -0.15) is 0 Å². The Labute approximate surface area is 141 Å². The van der Waals surface area contributed by atoms with Gasteiger partial charge in [-0.1, -0.05) is 58.3 Å². The molecule has 3 unspecified atom stereocenters. The van der Waals surface area contributed by atoms with E-state index in [-0.39, 0.29) is 12.1 Å². The second kappa shape index (κ2) is 11.5. The molecular formula is C19H34O4. The fourth-order valence-electron chi connectivity index (χ4n) is 3.44. The fourth-order valence-corrected chi connectivity index (χ4v) is 3.44. The highest BCUT2D eigenvalue weighted by Crippen LogP contribution is 2.31. The highest BCUT2D eigenvalue weighted by molar-refractivity contribution is 5.81. The molecule has 0 heterocycles. The van der Waals surface area contributed by atoms with Gasteiger partial charge in [0.25, 0.3) is 0 Å². The Morgan fingerprint density at radius 3 is 2.17 bits per heavy atom. The summed E-state index contributed by atoms with van der Waals surface area (Å²) in [6.07, 6.45) is 12.6. The molecule has 1 aliphatic rings. The Bertz CT molecular complexity index is 353. The molecule has 0 aromatic carbocycles. The molecule has 0 saturated heterocycles. The molecule has 4 nitrogen and oxygen atoms in total. The Balaban J connectivity index is 2.21. The lowest BCUT2D eigenvalue weighted by Crippen LogP contribution is -2.35. The lowest BCUT2D eigenvalue weighted by atomic mass is 9.79. The van der Waals surface area contributed by atoms with E-state index in [4.69, 9.17) is 4.74 Å². The van der Waals surface area contributed by atoms with E-state index < -0.39 is 17.8 Å². The number of carboxylic acid groups (broad SMARTS) is 1. The number of hydrogen-bond acceptors (Lipinski definition) is 3. The Hall–Kier alpha value is -1.06. The van der Waals surface area contributed by atoms with Crippen molar-refractivity contribution in [3.63, 3.8) is 0 Å². The van der Waals surface area contributed by atoms with E-state index in [0.29, 0.717) is 12.8 Å². The molecule has 0 aromatic rings. The smallest absolute Gasteiger partial charge is 0.310 e. The summed E-state index contributed by atoms with van der Waals surface area (Å²) in [6.45, 7) is 4.14. The maximum Gasteiger partial charge on any atom is 0.310 e. The summed E-state index contributed by atoms with van der Waals surface area (Å²) in [5, 5.41) is 9.25. The summed E-state index contributed by atoms with van der Waals surface area (Å²) in [4.78, 5) is 23.5. The molecule has 0 radical (unpaired) electrons. The van der Waals surface area contributed by atoms with Crippen LogP contribution in [0.2, 0.25) is 0 Å².